The second-order valence-corrected chi connectivity index (χ2v) is 10.1. The number of ether oxygens (including phenoxy) is 3. The molecule has 2 saturated heterocycles. The number of hydrogen-bond acceptors (Lipinski definition) is 8. The van der Waals surface area contributed by atoms with Crippen LogP contribution in [0.5, 0.6) is 5.75 Å². The van der Waals surface area contributed by atoms with E-state index in [9.17, 15) is 22.8 Å². The van der Waals surface area contributed by atoms with Crippen LogP contribution in [0, 0.1) is 6.92 Å². The lowest BCUT2D eigenvalue weighted by atomic mass is 10.1. The molecule has 2 bridgehead atoms. The summed E-state index contributed by atoms with van der Waals surface area (Å²) in [5, 5.41) is 4.60. The van der Waals surface area contributed by atoms with Crippen LogP contribution in [0.15, 0.2) is 24.4 Å². The van der Waals surface area contributed by atoms with Crippen molar-refractivity contribution in [1.29, 1.82) is 0 Å². The van der Waals surface area contributed by atoms with Crippen molar-refractivity contribution in [3.05, 3.63) is 35.7 Å². The Kier molecular flexibility index (Phi) is 7.01. The van der Waals surface area contributed by atoms with Crippen molar-refractivity contribution in [2.24, 2.45) is 0 Å². The van der Waals surface area contributed by atoms with E-state index in [0.29, 0.717) is 43.1 Å². The van der Waals surface area contributed by atoms with E-state index in [4.69, 9.17) is 14.2 Å². The molecule has 3 aliphatic rings. The Labute approximate surface area is 222 Å². The minimum absolute atomic E-state index is 0.203. The number of rotatable bonds is 6. The predicted octanol–water partition coefficient (Wildman–Crippen LogP) is 3.24. The van der Waals surface area contributed by atoms with Gasteiger partial charge in [-0.15, -0.1) is 0 Å². The summed E-state index contributed by atoms with van der Waals surface area (Å²) in [6.07, 6.45) is -2.64. The molecule has 2 atom stereocenters. The lowest BCUT2D eigenvalue weighted by Crippen LogP contribution is -2.49. The molecular formula is C25H29F3N6O5. The first-order chi connectivity index (χ1) is 18.4. The largest absolute Gasteiger partial charge is 0.491 e. The van der Waals surface area contributed by atoms with Gasteiger partial charge < -0.3 is 24.4 Å². The summed E-state index contributed by atoms with van der Waals surface area (Å²) in [5.74, 6) is -0.724. The molecule has 3 amide bonds. The van der Waals surface area contributed by atoms with Crippen molar-refractivity contribution in [3.63, 3.8) is 0 Å². The number of carbonyl (C=O) groups is 2. The van der Waals surface area contributed by atoms with E-state index in [2.05, 4.69) is 20.2 Å². The Hall–Kier alpha value is -3.65. The number of anilines is 3. The van der Waals surface area contributed by atoms with Crippen molar-refractivity contribution in [1.82, 2.24) is 15.3 Å². The SMILES string of the molecule is Cc1cc(C(=O)NCC(F)(F)F)nc2c1N1CCC(C1)N2C(=O)Nc1cc(OC[C@H]2COC(C)(C)O2)ccn1. The summed E-state index contributed by atoms with van der Waals surface area (Å²) in [6.45, 7) is 5.79. The lowest BCUT2D eigenvalue weighted by Gasteiger charge is -2.36. The number of aromatic nitrogens is 2. The number of fused-ring (bicyclic) bond motifs is 4. The molecule has 3 aliphatic heterocycles. The van der Waals surface area contributed by atoms with Crippen LogP contribution in [-0.2, 0) is 9.47 Å². The van der Waals surface area contributed by atoms with Gasteiger partial charge in [-0.25, -0.2) is 14.8 Å². The molecule has 11 nitrogen and oxygen atoms in total. The Morgan fingerprint density at radius 2 is 2.08 bits per heavy atom. The van der Waals surface area contributed by atoms with Gasteiger partial charge in [0.25, 0.3) is 5.91 Å². The van der Waals surface area contributed by atoms with Gasteiger partial charge in [0.15, 0.2) is 11.6 Å². The third-order valence-corrected chi connectivity index (χ3v) is 6.61. The van der Waals surface area contributed by atoms with Gasteiger partial charge in [-0.3, -0.25) is 15.0 Å². The quantitative estimate of drug-likeness (QED) is 0.563. The lowest BCUT2D eigenvalue weighted by molar-refractivity contribution is -0.141. The molecule has 0 spiro atoms. The number of aryl methyl sites for hydroxylation is 1. The summed E-state index contributed by atoms with van der Waals surface area (Å²) in [6, 6.07) is 3.90. The monoisotopic (exact) mass is 550 g/mol. The van der Waals surface area contributed by atoms with Gasteiger partial charge in [-0.05, 0) is 44.9 Å². The van der Waals surface area contributed by atoms with E-state index in [-0.39, 0.29) is 36.1 Å². The standard InChI is InChI=1S/C25H29F3N6O5/c1-14-8-18(22(35)30-13-25(26,27)28)31-21-20(14)33-7-5-15(10-33)34(21)23(36)32-19-9-16(4-6-29-19)37-11-17-12-38-24(2,3)39-17/h4,6,8-9,15,17H,5,7,10-13H2,1-3H3,(H,30,35)(H,29,32,36)/t15?,17-/m0/s1. The van der Waals surface area contributed by atoms with Gasteiger partial charge in [-0.1, -0.05) is 0 Å². The van der Waals surface area contributed by atoms with Gasteiger partial charge in [0.05, 0.1) is 18.3 Å². The zero-order valence-corrected chi connectivity index (χ0v) is 21.7. The van der Waals surface area contributed by atoms with E-state index in [1.54, 1.807) is 19.1 Å². The van der Waals surface area contributed by atoms with Crippen molar-refractivity contribution >= 4 is 29.3 Å². The van der Waals surface area contributed by atoms with Crippen LogP contribution in [0.1, 0.15) is 36.3 Å². The highest BCUT2D eigenvalue weighted by Crippen LogP contribution is 2.41. The molecule has 0 aromatic carbocycles. The van der Waals surface area contributed by atoms with Crippen LogP contribution in [-0.4, -0.2) is 78.9 Å². The zero-order valence-electron chi connectivity index (χ0n) is 21.7. The summed E-state index contributed by atoms with van der Waals surface area (Å²) in [7, 11) is 0. The molecule has 5 heterocycles. The maximum atomic E-state index is 13.5. The van der Waals surface area contributed by atoms with E-state index >= 15 is 0 Å². The number of amides is 3. The van der Waals surface area contributed by atoms with Crippen LogP contribution in [0.3, 0.4) is 0 Å². The number of pyridine rings is 2. The summed E-state index contributed by atoms with van der Waals surface area (Å²) >= 11 is 0. The fraction of sp³-hybridized carbons (Fsp3) is 0.520. The maximum absolute atomic E-state index is 13.5. The molecular weight excluding hydrogens is 521 g/mol. The second kappa shape index (κ2) is 10.2. The smallest absolute Gasteiger partial charge is 0.405 e. The van der Waals surface area contributed by atoms with Crippen molar-refractivity contribution in [2.75, 3.05) is 48.0 Å². The number of hydrogen-bond donors (Lipinski definition) is 2. The van der Waals surface area contributed by atoms with Crippen molar-refractivity contribution in [3.8, 4) is 5.75 Å². The average Bonchev–Trinajstić information content (AvgIpc) is 3.43. The molecule has 0 aliphatic carbocycles. The molecule has 2 N–H and O–H groups in total. The van der Waals surface area contributed by atoms with Gasteiger partial charge in [0.1, 0.15) is 36.5 Å². The minimum Gasteiger partial charge on any atom is -0.491 e. The van der Waals surface area contributed by atoms with E-state index in [1.807, 2.05) is 19.2 Å². The molecule has 39 heavy (non-hydrogen) atoms. The average molecular weight is 551 g/mol. The Morgan fingerprint density at radius 1 is 1.28 bits per heavy atom. The van der Waals surface area contributed by atoms with Crippen LogP contribution in [0.25, 0.3) is 0 Å². The molecule has 14 heteroatoms. The highest BCUT2D eigenvalue weighted by Gasteiger charge is 2.42. The fourth-order valence-electron chi connectivity index (χ4n) is 4.96. The molecule has 2 aromatic heterocycles. The molecule has 1 unspecified atom stereocenters. The normalized spacial score (nSPS) is 21.5. The molecule has 2 fully saturated rings. The number of nitrogens with one attached hydrogen (secondary N) is 2. The minimum atomic E-state index is -4.56. The predicted molar refractivity (Wildman–Crippen MR) is 134 cm³/mol. The van der Waals surface area contributed by atoms with Gasteiger partial charge in [0, 0.05) is 25.4 Å². The molecule has 0 saturated carbocycles. The summed E-state index contributed by atoms with van der Waals surface area (Å²) < 4.78 is 55.0. The first kappa shape index (κ1) is 26.9. The molecule has 0 radical (unpaired) electrons. The number of halogens is 3. The van der Waals surface area contributed by atoms with E-state index in [1.165, 1.54) is 17.2 Å². The Balaban J connectivity index is 1.33. The van der Waals surface area contributed by atoms with Crippen molar-refractivity contribution in [2.45, 2.75) is 51.3 Å². The Morgan fingerprint density at radius 3 is 2.79 bits per heavy atom. The third kappa shape index (κ3) is 6.01. The van der Waals surface area contributed by atoms with Crippen LogP contribution >= 0.6 is 0 Å². The Bertz CT molecular complexity index is 1270. The van der Waals surface area contributed by atoms with E-state index < -0.39 is 30.4 Å². The number of alkyl halides is 3. The summed E-state index contributed by atoms with van der Waals surface area (Å²) in [4.78, 5) is 38.0. The molecule has 210 valence electrons. The fourth-order valence-corrected chi connectivity index (χ4v) is 4.96. The summed E-state index contributed by atoms with van der Waals surface area (Å²) in [5.41, 5.74) is 1.09. The highest BCUT2D eigenvalue weighted by molar-refractivity contribution is 6.05. The second-order valence-electron chi connectivity index (χ2n) is 10.1. The number of carbonyl (C=O) groups excluding carboxylic acids is 2. The maximum Gasteiger partial charge on any atom is 0.405 e. The molecule has 2 aromatic rings. The number of nitrogens with zero attached hydrogens (tertiary/aromatic N) is 4. The van der Waals surface area contributed by atoms with Crippen LogP contribution in [0.4, 0.5) is 35.3 Å². The van der Waals surface area contributed by atoms with Crippen molar-refractivity contribution < 1.29 is 37.0 Å². The van der Waals surface area contributed by atoms with Gasteiger partial charge >= 0.3 is 12.2 Å². The van der Waals surface area contributed by atoms with Crippen LogP contribution in [0.2, 0.25) is 0 Å². The van der Waals surface area contributed by atoms with Crippen LogP contribution < -0.4 is 25.2 Å². The van der Waals surface area contributed by atoms with Gasteiger partial charge in [0.2, 0.25) is 0 Å². The van der Waals surface area contributed by atoms with E-state index in [0.717, 1.165) is 0 Å². The first-order valence-electron chi connectivity index (χ1n) is 12.5. The van der Waals surface area contributed by atoms with Gasteiger partial charge in [-0.2, -0.15) is 13.2 Å². The highest BCUT2D eigenvalue weighted by atomic mass is 19.4. The first-order valence-corrected chi connectivity index (χ1v) is 12.5. The number of urea groups is 1. The zero-order chi connectivity index (χ0) is 27.9. The topological polar surface area (TPSA) is 118 Å². The third-order valence-electron chi connectivity index (χ3n) is 6.61. The molecule has 5 rings (SSSR count).